The highest BCUT2D eigenvalue weighted by atomic mass is 35.5. The van der Waals surface area contributed by atoms with Crippen LogP contribution in [0.5, 0.6) is 0 Å². The lowest BCUT2D eigenvalue weighted by Crippen LogP contribution is -2.38. The van der Waals surface area contributed by atoms with Crippen molar-refractivity contribution in [1.29, 1.82) is 0 Å². The molecule has 1 unspecified atom stereocenters. The molecule has 3 aromatic rings. The number of ether oxygens (including phenoxy) is 1. The number of nitrogens with zero attached hydrogens (tertiary/aromatic N) is 2. The zero-order chi connectivity index (χ0) is 18.8. The molecule has 1 aliphatic rings. The standard InChI is InChI=1S/C21H23ClN2O2S/c1-2-26-21(25)24-12-6-5-9-19(24)17-14-23(13-15-10-11-20(22)27-15)18-8-4-3-7-16(17)18/h3-4,7-8,10-11,14,19H,2,5-6,9,12-13H2,1H3. The second kappa shape index (κ2) is 7.95. The Balaban J connectivity index is 1.73. The van der Waals surface area contributed by atoms with E-state index in [1.807, 2.05) is 17.9 Å². The smallest absolute Gasteiger partial charge is 0.410 e. The number of hydrogen-bond acceptors (Lipinski definition) is 3. The average molecular weight is 403 g/mol. The van der Waals surface area contributed by atoms with Gasteiger partial charge in [0, 0.05) is 34.1 Å². The maximum Gasteiger partial charge on any atom is 0.410 e. The van der Waals surface area contributed by atoms with E-state index in [1.165, 1.54) is 21.3 Å². The minimum absolute atomic E-state index is 0.0656. The highest BCUT2D eigenvalue weighted by molar-refractivity contribution is 7.16. The van der Waals surface area contributed by atoms with Crippen LogP contribution in [-0.2, 0) is 11.3 Å². The number of rotatable bonds is 4. The number of carbonyl (C=O) groups excluding carboxylic acids is 1. The molecule has 0 bridgehead atoms. The van der Waals surface area contributed by atoms with Gasteiger partial charge in [-0.15, -0.1) is 11.3 Å². The van der Waals surface area contributed by atoms with Crippen molar-refractivity contribution in [2.45, 2.75) is 38.8 Å². The molecular formula is C21H23ClN2O2S. The van der Waals surface area contributed by atoms with E-state index in [9.17, 15) is 4.79 Å². The highest BCUT2D eigenvalue weighted by Gasteiger charge is 2.31. The fraction of sp³-hybridized carbons (Fsp3) is 0.381. The third kappa shape index (κ3) is 3.71. The number of likely N-dealkylation sites (tertiary alicyclic amines) is 1. The third-order valence-electron chi connectivity index (χ3n) is 5.14. The zero-order valence-electron chi connectivity index (χ0n) is 15.4. The largest absolute Gasteiger partial charge is 0.450 e. The first kappa shape index (κ1) is 18.4. The monoisotopic (exact) mass is 402 g/mol. The number of benzene rings is 1. The van der Waals surface area contributed by atoms with Crippen LogP contribution in [0.3, 0.4) is 0 Å². The molecule has 4 rings (SSSR count). The van der Waals surface area contributed by atoms with Gasteiger partial charge in [0.25, 0.3) is 0 Å². The fourth-order valence-electron chi connectivity index (χ4n) is 3.96. The molecule has 0 aliphatic carbocycles. The maximum absolute atomic E-state index is 12.5. The summed E-state index contributed by atoms with van der Waals surface area (Å²) in [5.74, 6) is 0. The van der Waals surface area contributed by atoms with E-state index >= 15 is 0 Å². The number of amides is 1. The Kier molecular flexibility index (Phi) is 5.41. The van der Waals surface area contributed by atoms with Crippen LogP contribution in [0, 0.1) is 0 Å². The van der Waals surface area contributed by atoms with Crippen molar-refractivity contribution in [2.75, 3.05) is 13.2 Å². The molecule has 0 radical (unpaired) electrons. The SMILES string of the molecule is CCOC(=O)N1CCCCC1c1cn(Cc2ccc(Cl)s2)c2ccccc12. The Morgan fingerprint density at radius 3 is 2.89 bits per heavy atom. The molecule has 27 heavy (non-hydrogen) atoms. The third-order valence-corrected chi connectivity index (χ3v) is 6.35. The first-order chi connectivity index (χ1) is 13.2. The molecule has 0 N–H and O–H groups in total. The van der Waals surface area contributed by atoms with Crippen LogP contribution in [0.1, 0.15) is 42.7 Å². The van der Waals surface area contributed by atoms with Crippen LogP contribution in [0.25, 0.3) is 10.9 Å². The summed E-state index contributed by atoms with van der Waals surface area (Å²) in [6, 6.07) is 12.5. The van der Waals surface area contributed by atoms with Crippen LogP contribution in [-0.4, -0.2) is 28.7 Å². The summed E-state index contributed by atoms with van der Waals surface area (Å²) < 4.78 is 8.39. The van der Waals surface area contributed by atoms with Crippen molar-refractivity contribution < 1.29 is 9.53 Å². The van der Waals surface area contributed by atoms with Crippen LogP contribution in [0.15, 0.2) is 42.6 Å². The summed E-state index contributed by atoms with van der Waals surface area (Å²) in [7, 11) is 0. The van der Waals surface area contributed by atoms with Crippen molar-refractivity contribution in [1.82, 2.24) is 9.47 Å². The second-order valence-corrected chi connectivity index (χ2v) is 8.64. The van der Waals surface area contributed by atoms with Gasteiger partial charge in [0.1, 0.15) is 0 Å². The summed E-state index contributed by atoms with van der Waals surface area (Å²) >= 11 is 7.71. The van der Waals surface area contributed by atoms with Crippen LogP contribution in [0.4, 0.5) is 4.79 Å². The van der Waals surface area contributed by atoms with Gasteiger partial charge in [-0.2, -0.15) is 0 Å². The molecule has 4 nitrogen and oxygen atoms in total. The number of fused-ring (bicyclic) bond motifs is 1. The number of thiophene rings is 1. The molecule has 1 fully saturated rings. The first-order valence-corrected chi connectivity index (χ1v) is 10.6. The molecular weight excluding hydrogens is 380 g/mol. The Labute approximate surface area is 168 Å². The summed E-state index contributed by atoms with van der Waals surface area (Å²) in [6.07, 6.45) is 5.13. The summed E-state index contributed by atoms with van der Waals surface area (Å²) in [5.41, 5.74) is 2.40. The number of halogens is 1. The van der Waals surface area contributed by atoms with Gasteiger partial charge in [-0.1, -0.05) is 29.8 Å². The molecule has 1 aliphatic heterocycles. The molecule has 3 heterocycles. The predicted octanol–water partition coefficient (Wildman–Crippen LogP) is 6.09. The highest BCUT2D eigenvalue weighted by Crippen LogP contribution is 2.37. The van der Waals surface area contributed by atoms with Crippen LogP contribution < -0.4 is 0 Å². The Hall–Kier alpha value is -1.98. The molecule has 1 atom stereocenters. The van der Waals surface area contributed by atoms with Gasteiger partial charge in [0.15, 0.2) is 0 Å². The van der Waals surface area contributed by atoms with E-state index in [2.05, 4.69) is 41.1 Å². The lowest BCUT2D eigenvalue weighted by Gasteiger charge is -2.34. The minimum atomic E-state index is -0.205. The molecule has 0 spiro atoms. The van der Waals surface area contributed by atoms with Crippen LogP contribution >= 0.6 is 22.9 Å². The van der Waals surface area contributed by atoms with Gasteiger partial charge >= 0.3 is 6.09 Å². The van der Waals surface area contributed by atoms with Crippen molar-refractivity contribution in [3.8, 4) is 0 Å². The average Bonchev–Trinajstić information content (AvgIpc) is 3.26. The Morgan fingerprint density at radius 1 is 1.26 bits per heavy atom. The number of hydrogen-bond donors (Lipinski definition) is 0. The van der Waals surface area contributed by atoms with E-state index < -0.39 is 0 Å². The summed E-state index contributed by atoms with van der Waals surface area (Å²) in [6.45, 7) is 3.80. The number of aromatic nitrogens is 1. The van der Waals surface area contributed by atoms with E-state index in [1.54, 1.807) is 11.3 Å². The van der Waals surface area contributed by atoms with E-state index in [-0.39, 0.29) is 12.1 Å². The van der Waals surface area contributed by atoms with Crippen LogP contribution in [0.2, 0.25) is 4.34 Å². The van der Waals surface area contributed by atoms with Gasteiger partial charge in [0.2, 0.25) is 0 Å². The van der Waals surface area contributed by atoms with Crippen molar-refractivity contribution in [3.63, 3.8) is 0 Å². The lowest BCUT2D eigenvalue weighted by molar-refractivity contribution is 0.0769. The topological polar surface area (TPSA) is 34.5 Å². The molecule has 2 aromatic heterocycles. The van der Waals surface area contributed by atoms with Crippen molar-refractivity contribution >= 4 is 39.9 Å². The van der Waals surface area contributed by atoms with Gasteiger partial charge in [-0.25, -0.2) is 4.79 Å². The fourth-order valence-corrected chi connectivity index (χ4v) is 5.04. The summed E-state index contributed by atoms with van der Waals surface area (Å²) in [4.78, 5) is 15.6. The van der Waals surface area contributed by atoms with Gasteiger partial charge in [-0.05, 0) is 44.4 Å². The van der Waals surface area contributed by atoms with Gasteiger partial charge < -0.3 is 14.2 Å². The minimum Gasteiger partial charge on any atom is -0.450 e. The second-order valence-electron chi connectivity index (χ2n) is 6.84. The maximum atomic E-state index is 12.5. The van der Waals surface area contributed by atoms with Crippen molar-refractivity contribution in [2.24, 2.45) is 0 Å². The first-order valence-electron chi connectivity index (χ1n) is 9.42. The molecule has 1 amide bonds. The number of para-hydroxylation sites is 1. The van der Waals surface area contributed by atoms with E-state index in [4.69, 9.17) is 16.3 Å². The molecule has 6 heteroatoms. The van der Waals surface area contributed by atoms with Gasteiger partial charge in [0.05, 0.1) is 23.5 Å². The van der Waals surface area contributed by atoms with E-state index in [0.717, 1.165) is 36.7 Å². The molecule has 1 aromatic carbocycles. The quantitative estimate of drug-likeness (QED) is 0.529. The predicted molar refractivity (Wildman–Crippen MR) is 111 cm³/mol. The number of carbonyl (C=O) groups is 1. The molecule has 1 saturated heterocycles. The normalized spacial score (nSPS) is 17.4. The zero-order valence-corrected chi connectivity index (χ0v) is 16.9. The van der Waals surface area contributed by atoms with Crippen molar-refractivity contribution in [3.05, 3.63) is 57.4 Å². The summed E-state index contributed by atoms with van der Waals surface area (Å²) in [5, 5.41) is 1.21. The lowest BCUT2D eigenvalue weighted by atomic mass is 9.95. The van der Waals surface area contributed by atoms with E-state index in [0.29, 0.717) is 6.61 Å². The molecule has 0 saturated carbocycles. The Morgan fingerprint density at radius 2 is 2.11 bits per heavy atom. The number of piperidine rings is 1. The molecule has 142 valence electrons. The van der Waals surface area contributed by atoms with Gasteiger partial charge in [-0.3, -0.25) is 0 Å². The Bertz CT molecular complexity index is 949.